The first kappa shape index (κ1) is 14.2. The minimum atomic E-state index is 0.464. The third-order valence-corrected chi connectivity index (χ3v) is 3.95. The predicted octanol–water partition coefficient (Wildman–Crippen LogP) is 4.87. The molecule has 2 nitrogen and oxygen atoms in total. The lowest BCUT2D eigenvalue weighted by Crippen LogP contribution is -1.99. The van der Waals surface area contributed by atoms with Gasteiger partial charge in [0.1, 0.15) is 0 Å². The number of hydrogen-bond acceptors (Lipinski definition) is 3. The fourth-order valence-corrected chi connectivity index (χ4v) is 2.97. The Morgan fingerprint density at radius 2 is 2.05 bits per heavy atom. The van der Waals surface area contributed by atoms with Crippen LogP contribution < -0.4 is 4.74 Å². The number of pyridine rings is 1. The maximum atomic E-state index is 5.62. The molecule has 1 heterocycles. The number of thioether (sulfide) groups is 1. The van der Waals surface area contributed by atoms with Gasteiger partial charge < -0.3 is 4.74 Å². The molecule has 0 aliphatic carbocycles. The lowest BCUT2D eigenvalue weighted by atomic mass is 9.99. The van der Waals surface area contributed by atoms with E-state index < -0.39 is 0 Å². The van der Waals surface area contributed by atoms with Crippen molar-refractivity contribution >= 4 is 22.7 Å². The highest BCUT2D eigenvalue weighted by Gasteiger charge is 2.12. The first-order valence-electron chi connectivity index (χ1n) is 6.86. The van der Waals surface area contributed by atoms with Gasteiger partial charge in [-0.15, -0.1) is 11.8 Å². The van der Waals surface area contributed by atoms with E-state index in [0.29, 0.717) is 12.5 Å². The maximum absolute atomic E-state index is 5.62. The molecule has 19 heavy (non-hydrogen) atoms. The van der Waals surface area contributed by atoms with Gasteiger partial charge in [0.05, 0.1) is 12.1 Å². The molecule has 0 aliphatic rings. The van der Waals surface area contributed by atoms with Crippen molar-refractivity contribution in [3.05, 3.63) is 29.8 Å². The minimum Gasteiger partial charge on any atom is -0.478 e. The third-order valence-electron chi connectivity index (χ3n) is 3.03. The van der Waals surface area contributed by atoms with Crippen molar-refractivity contribution in [1.29, 1.82) is 0 Å². The highest BCUT2D eigenvalue weighted by Crippen LogP contribution is 2.33. The quantitative estimate of drug-likeness (QED) is 0.727. The molecule has 102 valence electrons. The van der Waals surface area contributed by atoms with Crippen LogP contribution in [0.1, 0.15) is 39.2 Å². The summed E-state index contributed by atoms with van der Waals surface area (Å²) in [6.45, 7) is 9.24. The number of hydrogen-bond donors (Lipinski definition) is 0. The molecule has 0 radical (unpaired) electrons. The molecule has 1 aromatic carbocycles. The Labute approximate surface area is 119 Å². The number of rotatable bonds is 5. The highest BCUT2D eigenvalue weighted by molar-refractivity contribution is 7.99. The summed E-state index contributed by atoms with van der Waals surface area (Å²) in [6, 6.07) is 8.50. The summed E-state index contributed by atoms with van der Waals surface area (Å²) in [7, 11) is 0. The lowest BCUT2D eigenvalue weighted by Gasteiger charge is -2.14. The molecule has 0 bridgehead atoms. The van der Waals surface area contributed by atoms with Crippen LogP contribution >= 0.6 is 11.8 Å². The van der Waals surface area contributed by atoms with E-state index in [-0.39, 0.29) is 0 Å². The molecule has 0 amide bonds. The van der Waals surface area contributed by atoms with Crippen LogP contribution in [0.15, 0.2) is 29.2 Å². The predicted molar refractivity (Wildman–Crippen MR) is 83.4 cm³/mol. The van der Waals surface area contributed by atoms with Crippen molar-refractivity contribution in [2.45, 2.75) is 38.5 Å². The van der Waals surface area contributed by atoms with Crippen molar-refractivity contribution in [1.82, 2.24) is 4.98 Å². The molecule has 0 spiro atoms. The normalized spacial score (nSPS) is 11.2. The summed E-state index contributed by atoms with van der Waals surface area (Å²) < 4.78 is 5.62. The lowest BCUT2D eigenvalue weighted by molar-refractivity contribution is 0.327. The average molecular weight is 275 g/mol. The molecule has 0 saturated heterocycles. The Balaban J connectivity index is 2.67. The van der Waals surface area contributed by atoms with Crippen LogP contribution in [0.3, 0.4) is 0 Å². The van der Waals surface area contributed by atoms with Gasteiger partial charge in [0.15, 0.2) is 0 Å². The SMILES string of the molecule is CCOc1cc(C(C)C)c2cccc(SCC)c2n1. The molecular formula is C16H21NOS. The fourth-order valence-electron chi connectivity index (χ4n) is 2.20. The molecule has 3 heteroatoms. The summed E-state index contributed by atoms with van der Waals surface area (Å²) in [5.74, 6) is 2.26. The van der Waals surface area contributed by atoms with Gasteiger partial charge in [0.25, 0.3) is 0 Å². The monoisotopic (exact) mass is 275 g/mol. The van der Waals surface area contributed by atoms with E-state index in [1.54, 1.807) is 0 Å². The van der Waals surface area contributed by atoms with E-state index >= 15 is 0 Å². The van der Waals surface area contributed by atoms with Crippen molar-refractivity contribution in [2.75, 3.05) is 12.4 Å². The zero-order valence-electron chi connectivity index (χ0n) is 12.1. The summed E-state index contributed by atoms with van der Waals surface area (Å²) in [5.41, 5.74) is 2.39. The minimum absolute atomic E-state index is 0.464. The molecular weight excluding hydrogens is 254 g/mol. The van der Waals surface area contributed by atoms with Crippen molar-refractivity contribution in [3.63, 3.8) is 0 Å². The van der Waals surface area contributed by atoms with Crippen LogP contribution in [-0.2, 0) is 0 Å². The van der Waals surface area contributed by atoms with Crippen molar-refractivity contribution in [3.8, 4) is 5.88 Å². The number of para-hydroxylation sites is 1. The molecule has 2 rings (SSSR count). The Kier molecular flexibility index (Phi) is 4.70. The van der Waals surface area contributed by atoms with Crippen molar-refractivity contribution < 1.29 is 4.74 Å². The summed E-state index contributed by atoms with van der Waals surface area (Å²) in [5, 5.41) is 1.25. The number of benzene rings is 1. The smallest absolute Gasteiger partial charge is 0.214 e. The Hall–Kier alpha value is -1.22. The van der Waals surface area contributed by atoms with E-state index in [0.717, 1.165) is 17.1 Å². The summed E-state index contributed by atoms with van der Waals surface area (Å²) in [6.07, 6.45) is 0. The summed E-state index contributed by atoms with van der Waals surface area (Å²) in [4.78, 5) is 5.92. The number of ether oxygens (including phenoxy) is 1. The van der Waals surface area contributed by atoms with Gasteiger partial charge >= 0.3 is 0 Å². The van der Waals surface area contributed by atoms with Crippen LogP contribution in [0.5, 0.6) is 5.88 Å². The first-order valence-corrected chi connectivity index (χ1v) is 7.85. The number of aromatic nitrogens is 1. The second-order valence-corrected chi connectivity index (χ2v) is 6.03. The van der Waals surface area contributed by atoms with Gasteiger partial charge in [-0.05, 0) is 30.2 Å². The summed E-state index contributed by atoms with van der Waals surface area (Å²) >= 11 is 1.83. The second kappa shape index (κ2) is 6.29. The van der Waals surface area contributed by atoms with Gasteiger partial charge in [-0.1, -0.05) is 32.9 Å². The van der Waals surface area contributed by atoms with E-state index in [2.05, 4.69) is 50.0 Å². The van der Waals surface area contributed by atoms with Crippen LogP contribution in [0, 0.1) is 0 Å². The van der Waals surface area contributed by atoms with Crippen LogP contribution in [-0.4, -0.2) is 17.3 Å². The molecule has 0 unspecified atom stereocenters. The third kappa shape index (κ3) is 3.03. The highest BCUT2D eigenvalue weighted by atomic mass is 32.2. The Morgan fingerprint density at radius 3 is 2.68 bits per heavy atom. The molecule has 2 aromatic rings. The molecule has 1 aromatic heterocycles. The zero-order chi connectivity index (χ0) is 13.8. The van der Waals surface area contributed by atoms with E-state index in [1.807, 2.05) is 18.7 Å². The van der Waals surface area contributed by atoms with Gasteiger partial charge in [0.2, 0.25) is 5.88 Å². The zero-order valence-corrected chi connectivity index (χ0v) is 12.9. The van der Waals surface area contributed by atoms with Gasteiger partial charge in [-0.2, -0.15) is 0 Å². The maximum Gasteiger partial charge on any atom is 0.214 e. The standard InChI is InChI=1S/C16H21NOS/c1-5-18-15-10-13(11(3)4)12-8-7-9-14(19-6-2)16(12)17-15/h7-11H,5-6H2,1-4H3. The van der Waals surface area contributed by atoms with Crippen LogP contribution in [0.2, 0.25) is 0 Å². The van der Waals surface area contributed by atoms with Crippen molar-refractivity contribution in [2.24, 2.45) is 0 Å². The van der Waals surface area contributed by atoms with Gasteiger partial charge in [0, 0.05) is 16.3 Å². The van der Waals surface area contributed by atoms with E-state index in [1.165, 1.54) is 15.8 Å². The molecule has 0 saturated carbocycles. The molecule has 0 atom stereocenters. The topological polar surface area (TPSA) is 22.1 Å². The number of fused-ring (bicyclic) bond motifs is 1. The molecule has 0 aliphatic heterocycles. The Bertz CT molecular complexity index is 566. The average Bonchev–Trinajstić information content (AvgIpc) is 2.39. The van der Waals surface area contributed by atoms with Crippen LogP contribution in [0.25, 0.3) is 10.9 Å². The molecule has 0 N–H and O–H groups in total. The molecule has 0 fully saturated rings. The largest absolute Gasteiger partial charge is 0.478 e. The fraction of sp³-hybridized carbons (Fsp3) is 0.438. The second-order valence-electron chi connectivity index (χ2n) is 4.72. The van der Waals surface area contributed by atoms with Crippen LogP contribution in [0.4, 0.5) is 0 Å². The number of nitrogens with zero attached hydrogens (tertiary/aromatic N) is 1. The van der Waals surface area contributed by atoms with Gasteiger partial charge in [-0.3, -0.25) is 0 Å². The first-order chi connectivity index (χ1) is 9.17. The van der Waals surface area contributed by atoms with Gasteiger partial charge in [-0.25, -0.2) is 4.98 Å². The van der Waals surface area contributed by atoms with E-state index in [4.69, 9.17) is 4.74 Å². The van der Waals surface area contributed by atoms with E-state index in [9.17, 15) is 0 Å². The Morgan fingerprint density at radius 1 is 1.26 bits per heavy atom.